The van der Waals surface area contributed by atoms with E-state index in [9.17, 15) is 39.8 Å². The van der Waals surface area contributed by atoms with Gasteiger partial charge in [0.15, 0.2) is 0 Å². The summed E-state index contributed by atoms with van der Waals surface area (Å²) in [6.07, 6.45) is 36.3. The molecule has 0 aromatic heterocycles. The third kappa shape index (κ3) is 32.8. The van der Waals surface area contributed by atoms with Crippen molar-refractivity contribution in [2.45, 2.75) is 256 Å². The Balaban J connectivity index is 2.35. The number of ether oxygens (including phenoxy) is 2. The van der Waals surface area contributed by atoms with Gasteiger partial charge in [-0.1, -0.05) is 172 Å². The van der Waals surface area contributed by atoms with E-state index in [2.05, 4.69) is 50.3 Å². The van der Waals surface area contributed by atoms with Gasteiger partial charge in [0.2, 0.25) is 0 Å². The monoisotopic (exact) mass is 917 g/mol. The van der Waals surface area contributed by atoms with Crippen LogP contribution in [0, 0.1) is 0 Å². The van der Waals surface area contributed by atoms with E-state index in [1.54, 1.807) is 0 Å². The van der Waals surface area contributed by atoms with Gasteiger partial charge >= 0.3 is 13.8 Å². The van der Waals surface area contributed by atoms with Gasteiger partial charge in [-0.15, -0.1) is 0 Å². The first kappa shape index (κ1) is 59.6. The second-order valence-electron chi connectivity index (χ2n) is 17.7. The van der Waals surface area contributed by atoms with E-state index in [4.69, 9.17) is 18.5 Å². The van der Waals surface area contributed by atoms with Crippen LogP contribution in [0.5, 0.6) is 0 Å². The summed E-state index contributed by atoms with van der Waals surface area (Å²) >= 11 is 0. The first-order valence-electron chi connectivity index (χ1n) is 25.3. The number of unbranched alkanes of at least 4 members (excludes halogenated alkanes) is 25. The zero-order chi connectivity index (χ0) is 46.2. The molecule has 1 fully saturated rings. The molecule has 0 aromatic rings. The predicted molar refractivity (Wildman–Crippen MR) is 253 cm³/mol. The topological polar surface area (TPSA) is 192 Å². The van der Waals surface area contributed by atoms with Crippen molar-refractivity contribution >= 4 is 13.8 Å². The van der Waals surface area contributed by atoms with Gasteiger partial charge in [-0.25, -0.2) is 4.57 Å². The Morgan fingerprint density at radius 2 is 0.889 bits per heavy atom. The molecule has 1 rings (SSSR count). The Morgan fingerprint density at radius 1 is 0.508 bits per heavy atom. The van der Waals surface area contributed by atoms with Gasteiger partial charge in [-0.3, -0.25) is 13.8 Å². The van der Waals surface area contributed by atoms with Crippen molar-refractivity contribution in [2.24, 2.45) is 0 Å². The fourth-order valence-electron chi connectivity index (χ4n) is 7.68. The first-order chi connectivity index (χ1) is 30.5. The highest BCUT2D eigenvalue weighted by Crippen LogP contribution is 2.47. The molecular weight excluding hydrogens is 824 g/mol. The molecule has 370 valence electrons. The second kappa shape index (κ2) is 40.8. The second-order valence-corrected chi connectivity index (χ2v) is 19.1. The molecule has 0 radical (unpaired) electrons. The molecule has 6 unspecified atom stereocenters. The zero-order valence-electron chi connectivity index (χ0n) is 39.6. The summed E-state index contributed by atoms with van der Waals surface area (Å²) in [5.74, 6) is -0.482. The van der Waals surface area contributed by atoms with Gasteiger partial charge in [0, 0.05) is 13.0 Å². The number of rotatable bonds is 43. The normalized spacial score (nSPS) is 22.1. The van der Waals surface area contributed by atoms with E-state index in [1.165, 1.54) is 122 Å². The maximum atomic E-state index is 12.8. The molecule has 0 amide bonds. The molecular formula is C50H93O12P. The number of hydrogen-bond donors (Lipinski definition) is 6. The molecule has 1 aliphatic carbocycles. The maximum absolute atomic E-state index is 12.8. The number of aliphatic hydroxyl groups is 5. The third-order valence-electron chi connectivity index (χ3n) is 11.7. The Kier molecular flexibility index (Phi) is 38.6. The van der Waals surface area contributed by atoms with E-state index in [1.807, 2.05) is 0 Å². The smallest absolute Gasteiger partial charge is 0.457 e. The quantitative estimate of drug-likeness (QED) is 0.0147. The van der Waals surface area contributed by atoms with Crippen molar-refractivity contribution in [3.63, 3.8) is 0 Å². The van der Waals surface area contributed by atoms with E-state index < -0.39 is 63.1 Å². The first-order valence-corrected chi connectivity index (χ1v) is 26.8. The van der Waals surface area contributed by atoms with Crippen molar-refractivity contribution in [1.29, 1.82) is 0 Å². The van der Waals surface area contributed by atoms with E-state index in [-0.39, 0.29) is 13.0 Å². The molecule has 0 aromatic carbocycles. The standard InChI is InChI=1S/C50H93O12P/c1-3-5-7-9-11-13-15-17-19-20-21-22-23-24-25-27-29-31-33-35-37-39-44(51)61-43(42-60-63(57,58)62-50-48(55)46(53)45(52)47(54)49(50)56)41-59-40-38-36-34-32-30-28-26-18-16-14-12-10-8-6-4-2/h15-18,20-21,43,45-50,52-56H,3-14,19,22-42H2,1-2H3,(H,57,58)/b17-15-,18-16-,21-20-. The Labute approximate surface area is 382 Å². The SMILES string of the molecule is CCCCCCC/C=C\C/C=C\CCCCCCCCCCCC(=O)OC(COCCCCCCCC/C=C\CCCCCCC)COP(=O)(O)OC1C(O)C(O)C(O)C(O)C1O. The van der Waals surface area contributed by atoms with Gasteiger partial charge in [0.25, 0.3) is 0 Å². The number of esters is 1. The molecule has 0 bridgehead atoms. The lowest BCUT2D eigenvalue weighted by atomic mass is 9.85. The summed E-state index contributed by atoms with van der Waals surface area (Å²) < 4.78 is 34.3. The fraction of sp³-hybridized carbons (Fsp3) is 0.860. The largest absolute Gasteiger partial charge is 0.472 e. The fourth-order valence-corrected chi connectivity index (χ4v) is 8.65. The molecule has 0 aliphatic heterocycles. The van der Waals surface area contributed by atoms with Gasteiger partial charge in [0.1, 0.15) is 42.7 Å². The van der Waals surface area contributed by atoms with Crippen molar-refractivity contribution in [1.82, 2.24) is 0 Å². The predicted octanol–water partition coefficient (Wildman–Crippen LogP) is 11.0. The number of carbonyl (C=O) groups excluding carboxylic acids is 1. The Morgan fingerprint density at radius 3 is 1.35 bits per heavy atom. The lowest BCUT2D eigenvalue weighted by Gasteiger charge is -2.41. The Hall–Kier alpha value is -1.44. The number of aliphatic hydroxyl groups excluding tert-OH is 5. The number of phosphoric ester groups is 1. The molecule has 6 atom stereocenters. The van der Waals surface area contributed by atoms with Gasteiger partial charge in [-0.2, -0.15) is 0 Å². The van der Waals surface area contributed by atoms with Crippen LogP contribution in [0.15, 0.2) is 36.5 Å². The van der Waals surface area contributed by atoms with E-state index >= 15 is 0 Å². The molecule has 0 spiro atoms. The minimum absolute atomic E-state index is 0.0814. The average molecular weight is 917 g/mol. The molecule has 0 saturated heterocycles. The number of allylic oxidation sites excluding steroid dienone is 6. The summed E-state index contributed by atoms with van der Waals surface area (Å²) in [6.45, 7) is 4.24. The summed E-state index contributed by atoms with van der Waals surface area (Å²) in [6, 6.07) is 0. The van der Waals surface area contributed by atoms with E-state index in [0.29, 0.717) is 13.0 Å². The van der Waals surface area contributed by atoms with Crippen molar-refractivity contribution in [3.8, 4) is 0 Å². The van der Waals surface area contributed by atoms with Crippen molar-refractivity contribution in [3.05, 3.63) is 36.5 Å². The molecule has 1 aliphatic rings. The molecule has 6 N–H and O–H groups in total. The highest BCUT2D eigenvalue weighted by Gasteiger charge is 2.51. The summed E-state index contributed by atoms with van der Waals surface area (Å²) in [7, 11) is -5.02. The van der Waals surface area contributed by atoms with E-state index in [0.717, 1.165) is 64.2 Å². The zero-order valence-corrected chi connectivity index (χ0v) is 40.5. The Bertz CT molecular complexity index is 1180. The van der Waals surface area contributed by atoms with Crippen LogP contribution in [-0.2, 0) is 27.9 Å². The van der Waals surface area contributed by atoms with Gasteiger partial charge in [-0.05, 0) is 70.6 Å². The molecule has 13 heteroatoms. The lowest BCUT2D eigenvalue weighted by Crippen LogP contribution is -2.64. The molecule has 12 nitrogen and oxygen atoms in total. The minimum Gasteiger partial charge on any atom is -0.457 e. The number of phosphoric acid groups is 1. The van der Waals surface area contributed by atoms with Crippen LogP contribution in [0.2, 0.25) is 0 Å². The highest BCUT2D eigenvalue weighted by molar-refractivity contribution is 7.47. The van der Waals surface area contributed by atoms with Gasteiger partial charge < -0.3 is 39.9 Å². The van der Waals surface area contributed by atoms with Crippen LogP contribution in [-0.4, -0.2) is 98.9 Å². The minimum atomic E-state index is -5.02. The maximum Gasteiger partial charge on any atom is 0.472 e. The van der Waals surface area contributed by atoms with Gasteiger partial charge in [0.05, 0.1) is 13.2 Å². The highest BCUT2D eigenvalue weighted by atomic mass is 31.2. The molecule has 63 heavy (non-hydrogen) atoms. The van der Waals surface area contributed by atoms with Crippen molar-refractivity contribution < 1.29 is 58.3 Å². The molecule has 0 heterocycles. The number of hydrogen-bond acceptors (Lipinski definition) is 11. The lowest BCUT2D eigenvalue weighted by molar-refractivity contribution is -0.220. The van der Waals surface area contributed by atoms with Crippen molar-refractivity contribution in [2.75, 3.05) is 19.8 Å². The van der Waals surface area contributed by atoms with Crippen LogP contribution < -0.4 is 0 Å². The third-order valence-corrected chi connectivity index (χ3v) is 12.7. The van der Waals surface area contributed by atoms with Crippen LogP contribution >= 0.6 is 7.82 Å². The van der Waals surface area contributed by atoms with Crippen LogP contribution in [0.1, 0.15) is 213 Å². The van der Waals surface area contributed by atoms with Crippen LogP contribution in [0.3, 0.4) is 0 Å². The summed E-state index contributed by atoms with van der Waals surface area (Å²) in [5, 5.41) is 50.3. The van der Waals surface area contributed by atoms with Crippen LogP contribution in [0.4, 0.5) is 0 Å². The summed E-state index contributed by atoms with van der Waals surface area (Å²) in [5.41, 5.74) is 0. The number of carbonyl (C=O) groups is 1. The molecule has 1 saturated carbocycles. The van der Waals surface area contributed by atoms with Crippen LogP contribution in [0.25, 0.3) is 0 Å². The summed E-state index contributed by atoms with van der Waals surface area (Å²) in [4.78, 5) is 23.2. The average Bonchev–Trinajstić information content (AvgIpc) is 3.27.